The first-order chi connectivity index (χ1) is 8.22. The molecule has 18 heavy (non-hydrogen) atoms. The van der Waals surface area contributed by atoms with Crippen LogP contribution in [0.2, 0.25) is 0 Å². The normalized spacial score (nSPS) is 16.3. The van der Waals surface area contributed by atoms with Crippen molar-refractivity contribution in [1.29, 1.82) is 0 Å². The maximum Gasteiger partial charge on any atom is 0.169 e. The number of carbonyl (C=O) groups is 1. The van der Waals surface area contributed by atoms with Crippen molar-refractivity contribution in [2.75, 3.05) is 13.1 Å². The van der Waals surface area contributed by atoms with Crippen LogP contribution in [0.25, 0.3) is 0 Å². The molecule has 0 radical (unpaired) electrons. The lowest BCUT2D eigenvalue weighted by Crippen LogP contribution is -2.29. The van der Waals surface area contributed by atoms with Crippen LogP contribution in [0.5, 0.6) is 0 Å². The fourth-order valence-electron chi connectivity index (χ4n) is 2.18. The molecule has 4 nitrogen and oxygen atoms in total. The van der Waals surface area contributed by atoms with Crippen molar-refractivity contribution in [3.63, 3.8) is 0 Å². The molecule has 0 atom stereocenters. The minimum Gasteiger partial charge on any atom is -0.358 e. The summed E-state index contributed by atoms with van der Waals surface area (Å²) in [5, 5.41) is 3.85. The summed E-state index contributed by atoms with van der Waals surface area (Å²) in [5.41, 5.74) is 0.623. The zero-order valence-electron chi connectivity index (χ0n) is 10.4. The van der Waals surface area contributed by atoms with Crippen molar-refractivity contribution < 1.29 is 9.32 Å². The SMILES string of the molecule is CCC(=O)c1c(Br)noc1CN1CCCCC1.Cl. The Kier molecular flexibility index (Phi) is 6.32. The van der Waals surface area contributed by atoms with Crippen LogP contribution in [0.4, 0.5) is 0 Å². The van der Waals surface area contributed by atoms with Gasteiger partial charge in [0.15, 0.2) is 16.1 Å². The van der Waals surface area contributed by atoms with Crippen molar-refractivity contribution in [2.24, 2.45) is 0 Å². The van der Waals surface area contributed by atoms with Crippen LogP contribution in [0.15, 0.2) is 9.13 Å². The summed E-state index contributed by atoms with van der Waals surface area (Å²) in [4.78, 5) is 14.1. The molecule has 6 heteroatoms. The number of likely N-dealkylation sites (tertiary alicyclic amines) is 1. The van der Waals surface area contributed by atoms with Gasteiger partial charge in [-0.1, -0.05) is 18.5 Å². The summed E-state index contributed by atoms with van der Waals surface area (Å²) in [6.07, 6.45) is 4.24. The molecular formula is C12H18BrClN2O2. The summed E-state index contributed by atoms with van der Waals surface area (Å²) in [6, 6.07) is 0. The molecule has 2 heterocycles. The minimum atomic E-state index is 0. The largest absolute Gasteiger partial charge is 0.358 e. The number of rotatable bonds is 4. The molecule has 0 bridgehead atoms. The van der Waals surface area contributed by atoms with Crippen molar-refractivity contribution in [3.8, 4) is 0 Å². The van der Waals surface area contributed by atoms with Crippen molar-refractivity contribution in [1.82, 2.24) is 10.1 Å². The van der Waals surface area contributed by atoms with Gasteiger partial charge in [0.05, 0.1) is 12.1 Å². The number of nitrogens with zero attached hydrogens (tertiary/aromatic N) is 2. The number of hydrogen-bond donors (Lipinski definition) is 0. The number of carbonyl (C=O) groups excluding carboxylic acids is 1. The fourth-order valence-corrected chi connectivity index (χ4v) is 2.69. The molecule has 0 N–H and O–H groups in total. The summed E-state index contributed by atoms with van der Waals surface area (Å²) < 4.78 is 5.80. The van der Waals surface area contributed by atoms with E-state index in [-0.39, 0.29) is 18.2 Å². The summed E-state index contributed by atoms with van der Waals surface area (Å²) in [6.45, 7) is 4.71. The van der Waals surface area contributed by atoms with Crippen molar-refractivity contribution in [2.45, 2.75) is 39.2 Å². The molecule has 0 aliphatic carbocycles. The molecule has 2 rings (SSSR count). The number of aromatic nitrogens is 1. The Labute approximate surface area is 122 Å². The summed E-state index contributed by atoms with van der Waals surface area (Å²) in [7, 11) is 0. The highest BCUT2D eigenvalue weighted by Crippen LogP contribution is 2.23. The predicted molar refractivity (Wildman–Crippen MR) is 75.2 cm³/mol. The molecule has 102 valence electrons. The average Bonchev–Trinajstić information content (AvgIpc) is 2.71. The predicted octanol–water partition coefficient (Wildman–Crippen LogP) is 3.44. The van der Waals surface area contributed by atoms with E-state index in [0.717, 1.165) is 13.1 Å². The Hall–Kier alpha value is -0.390. The maximum absolute atomic E-state index is 11.8. The lowest BCUT2D eigenvalue weighted by Gasteiger charge is -2.25. The van der Waals surface area contributed by atoms with Gasteiger partial charge in [0, 0.05) is 6.42 Å². The van der Waals surface area contributed by atoms with Gasteiger partial charge >= 0.3 is 0 Å². The first kappa shape index (κ1) is 15.7. The molecule has 0 aromatic carbocycles. The van der Waals surface area contributed by atoms with Gasteiger partial charge in [-0.05, 0) is 41.9 Å². The number of Topliss-reactive ketones (excluding diaryl/α,β-unsaturated/α-hetero) is 1. The van der Waals surface area contributed by atoms with E-state index in [2.05, 4.69) is 26.0 Å². The van der Waals surface area contributed by atoms with Gasteiger partial charge in [-0.25, -0.2) is 0 Å². The number of hydrogen-bond acceptors (Lipinski definition) is 4. The summed E-state index contributed by atoms with van der Waals surface area (Å²) >= 11 is 3.28. The standard InChI is InChI=1S/C12H17BrN2O2.ClH/c1-2-9(16)11-10(17-14-12(11)13)8-15-6-4-3-5-7-15;/h2-8H2,1H3;1H. The molecule has 1 aromatic heterocycles. The highest BCUT2D eigenvalue weighted by molar-refractivity contribution is 9.10. The van der Waals surface area contributed by atoms with Crippen molar-refractivity contribution in [3.05, 3.63) is 15.9 Å². The van der Waals surface area contributed by atoms with Crippen LogP contribution in [-0.2, 0) is 6.54 Å². The third-order valence-electron chi connectivity index (χ3n) is 3.14. The zero-order chi connectivity index (χ0) is 12.3. The van der Waals surface area contributed by atoms with Crippen LogP contribution in [0, 0.1) is 0 Å². The Bertz CT molecular complexity index is 403. The molecule has 1 aliphatic heterocycles. The van der Waals surface area contributed by atoms with Gasteiger partial charge in [-0.2, -0.15) is 0 Å². The first-order valence-electron chi connectivity index (χ1n) is 6.12. The topological polar surface area (TPSA) is 46.3 Å². The lowest BCUT2D eigenvalue weighted by atomic mass is 10.1. The molecular weight excluding hydrogens is 320 g/mol. The van der Waals surface area contributed by atoms with E-state index in [1.165, 1.54) is 19.3 Å². The van der Waals surface area contributed by atoms with Gasteiger partial charge in [0.1, 0.15) is 0 Å². The van der Waals surface area contributed by atoms with E-state index in [0.29, 0.717) is 28.9 Å². The number of halogens is 2. The Morgan fingerprint density at radius 1 is 1.39 bits per heavy atom. The van der Waals surface area contributed by atoms with E-state index >= 15 is 0 Å². The second-order valence-corrected chi connectivity index (χ2v) is 5.14. The molecule has 1 aromatic rings. The van der Waals surface area contributed by atoms with E-state index in [9.17, 15) is 4.79 Å². The van der Waals surface area contributed by atoms with Crippen molar-refractivity contribution >= 4 is 34.1 Å². The summed E-state index contributed by atoms with van der Waals surface area (Å²) in [5.74, 6) is 0.788. The quantitative estimate of drug-likeness (QED) is 0.790. The fraction of sp³-hybridized carbons (Fsp3) is 0.667. The maximum atomic E-state index is 11.8. The molecule has 0 spiro atoms. The van der Waals surface area contributed by atoms with Gasteiger partial charge in [0.2, 0.25) is 0 Å². The van der Waals surface area contributed by atoms with Crippen LogP contribution in [0.3, 0.4) is 0 Å². The number of ketones is 1. The average molecular weight is 338 g/mol. The molecule has 1 fully saturated rings. The van der Waals surface area contributed by atoms with Gasteiger partial charge in [-0.3, -0.25) is 9.69 Å². The van der Waals surface area contributed by atoms with E-state index < -0.39 is 0 Å². The molecule has 0 amide bonds. The minimum absolute atomic E-state index is 0. The number of piperidine rings is 1. The highest BCUT2D eigenvalue weighted by Gasteiger charge is 2.22. The Balaban J connectivity index is 0.00000162. The smallest absolute Gasteiger partial charge is 0.169 e. The second kappa shape index (κ2) is 7.26. The molecule has 1 aliphatic rings. The van der Waals surface area contributed by atoms with E-state index in [4.69, 9.17) is 4.52 Å². The van der Waals surface area contributed by atoms with Gasteiger partial charge in [0.25, 0.3) is 0 Å². The van der Waals surface area contributed by atoms with Crippen LogP contribution in [0.1, 0.15) is 48.7 Å². The highest BCUT2D eigenvalue weighted by atomic mass is 79.9. The van der Waals surface area contributed by atoms with Gasteiger partial charge in [-0.15, -0.1) is 12.4 Å². The zero-order valence-corrected chi connectivity index (χ0v) is 12.8. The van der Waals surface area contributed by atoms with Gasteiger partial charge < -0.3 is 4.52 Å². The third kappa shape index (κ3) is 3.56. The van der Waals surface area contributed by atoms with Crippen LogP contribution < -0.4 is 0 Å². The lowest BCUT2D eigenvalue weighted by molar-refractivity contribution is 0.0983. The van der Waals surface area contributed by atoms with E-state index in [1.54, 1.807) is 0 Å². The van der Waals surface area contributed by atoms with E-state index in [1.807, 2.05) is 6.92 Å². The second-order valence-electron chi connectivity index (χ2n) is 4.39. The Morgan fingerprint density at radius 2 is 2.06 bits per heavy atom. The van der Waals surface area contributed by atoms with Crippen LogP contribution in [-0.4, -0.2) is 28.9 Å². The molecule has 1 saturated heterocycles. The molecule has 0 saturated carbocycles. The monoisotopic (exact) mass is 336 g/mol. The molecule has 0 unspecified atom stereocenters. The van der Waals surface area contributed by atoms with Crippen LogP contribution >= 0.6 is 28.3 Å². The first-order valence-corrected chi connectivity index (χ1v) is 6.91. The Morgan fingerprint density at radius 3 is 2.67 bits per heavy atom. The third-order valence-corrected chi connectivity index (χ3v) is 3.68.